The summed E-state index contributed by atoms with van der Waals surface area (Å²) in [5, 5.41) is 19.1. The van der Waals surface area contributed by atoms with Crippen molar-refractivity contribution in [2.75, 3.05) is 0 Å². The van der Waals surface area contributed by atoms with E-state index in [0.29, 0.717) is 12.0 Å². The molecule has 1 aromatic carbocycles. The number of carbonyl (C=O) groups excluding carboxylic acids is 1. The van der Waals surface area contributed by atoms with Gasteiger partial charge in [-0.2, -0.15) is 0 Å². The first kappa shape index (κ1) is 15.7. The molecule has 0 aliphatic carbocycles. The molecular weight excluding hydrogens is 284 g/mol. The van der Waals surface area contributed by atoms with Crippen LogP contribution in [-0.2, 0) is 4.79 Å². The normalized spacial score (nSPS) is 12.1. The number of carbonyl (C=O) groups is 2. The molecular formula is C15H18N4O3. The molecule has 1 aromatic heterocycles. The fourth-order valence-corrected chi connectivity index (χ4v) is 2.05. The Bertz CT molecular complexity index is 635. The molecule has 2 aromatic rings. The van der Waals surface area contributed by atoms with Crippen LogP contribution in [0.25, 0.3) is 5.69 Å². The van der Waals surface area contributed by atoms with Gasteiger partial charge in [0.15, 0.2) is 0 Å². The number of nitrogens with zero attached hydrogens (tertiary/aromatic N) is 3. The van der Waals surface area contributed by atoms with Crippen molar-refractivity contribution in [3.8, 4) is 5.69 Å². The molecule has 116 valence electrons. The van der Waals surface area contributed by atoms with Crippen molar-refractivity contribution in [3.05, 3.63) is 42.5 Å². The maximum atomic E-state index is 12.1. The zero-order valence-electron chi connectivity index (χ0n) is 12.4. The zero-order valence-corrected chi connectivity index (χ0v) is 12.4. The van der Waals surface area contributed by atoms with Crippen molar-refractivity contribution < 1.29 is 14.7 Å². The number of hydrogen-bond donors (Lipinski definition) is 2. The number of amides is 1. The lowest BCUT2D eigenvalue weighted by atomic mass is 10.0. The second kappa shape index (κ2) is 6.84. The van der Waals surface area contributed by atoms with E-state index in [4.69, 9.17) is 5.11 Å². The molecule has 2 N–H and O–H groups in total. The lowest BCUT2D eigenvalue weighted by Gasteiger charge is -2.16. The van der Waals surface area contributed by atoms with E-state index in [-0.39, 0.29) is 5.92 Å². The summed E-state index contributed by atoms with van der Waals surface area (Å²) in [7, 11) is 0. The molecule has 22 heavy (non-hydrogen) atoms. The van der Waals surface area contributed by atoms with E-state index in [1.807, 2.05) is 13.8 Å². The highest BCUT2D eigenvalue weighted by molar-refractivity contribution is 5.96. The third-order valence-electron chi connectivity index (χ3n) is 3.16. The number of aliphatic carboxylic acids is 1. The van der Waals surface area contributed by atoms with Gasteiger partial charge in [0.2, 0.25) is 0 Å². The number of carboxylic acids is 1. The number of rotatable bonds is 6. The minimum absolute atomic E-state index is 0.178. The van der Waals surface area contributed by atoms with Crippen molar-refractivity contribution in [2.45, 2.75) is 26.3 Å². The molecule has 1 atom stereocenters. The van der Waals surface area contributed by atoms with Gasteiger partial charge in [-0.1, -0.05) is 13.8 Å². The number of carboxylic acid groups (broad SMARTS) is 1. The van der Waals surface area contributed by atoms with Crippen LogP contribution < -0.4 is 5.32 Å². The maximum Gasteiger partial charge on any atom is 0.326 e. The fourth-order valence-electron chi connectivity index (χ4n) is 2.05. The summed E-state index contributed by atoms with van der Waals surface area (Å²) >= 11 is 0. The van der Waals surface area contributed by atoms with E-state index >= 15 is 0 Å². The van der Waals surface area contributed by atoms with Gasteiger partial charge >= 0.3 is 5.97 Å². The molecule has 2 rings (SSSR count). The number of hydrogen-bond acceptors (Lipinski definition) is 4. The summed E-state index contributed by atoms with van der Waals surface area (Å²) in [6.07, 6.45) is 3.50. The predicted molar refractivity (Wildman–Crippen MR) is 79.7 cm³/mol. The van der Waals surface area contributed by atoms with Gasteiger partial charge in [-0.25, -0.2) is 4.79 Å². The first-order chi connectivity index (χ1) is 10.5. The first-order valence-electron chi connectivity index (χ1n) is 6.96. The van der Waals surface area contributed by atoms with Crippen molar-refractivity contribution in [1.82, 2.24) is 20.1 Å². The highest BCUT2D eigenvalue weighted by Crippen LogP contribution is 2.10. The molecule has 7 heteroatoms. The van der Waals surface area contributed by atoms with Gasteiger partial charge in [0.25, 0.3) is 5.91 Å². The summed E-state index contributed by atoms with van der Waals surface area (Å²) in [5.74, 6) is -1.25. The van der Waals surface area contributed by atoms with Gasteiger partial charge in [-0.05, 0) is 36.6 Å². The second-order valence-corrected chi connectivity index (χ2v) is 5.41. The number of nitrogens with one attached hydrogen (secondary N) is 1. The van der Waals surface area contributed by atoms with Crippen LogP contribution in [0.2, 0.25) is 0 Å². The van der Waals surface area contributed by atoms with Crippen LogP contribution in [0.5, 0.6) is 0 Å². The molecule has 0 saturated heterocycles. The van der Waals surface area contributed by atoms with Crippen molar-refractivity contribution in [3.63, 3.8) is 0 Å². The predicted octanol–water partition coefficient (Wildman–Crippen LogP) is 1.50. The molecule has 1 heterocycles. The molecule has 0 radical (unpaired) electrons. The summed E-state index contributed by atoms with van der Waals surface area (Å²) in [6.45, 7) is 3.83. The average molecular weight is 302 g/mol. The van der Waals surface area contributed by atoms with Gasteiger partial charge in [-0.3, -0.25) is 9.36 Å². The first-order valence-corrected chi connectivity index (χ1v) is 6.96. The van der Waals surface area contributed by atoms with Gasteiger partial charge in [0.05, 0.1) is 0 Å². The summed E-state index contributed by atoms with van der Waals surface area (Å²) in [4.78, 5) is 23.3. The Hall–Kier alpha value is -2.70. The van der Waals surface area contributed by atoms with Crippen molar-refractivity contribution >= 4 is 11.9 Å². The molecule has 7 nitrogen and oxygen atoms in total. The van der Waals surface area contributed by atoms with Crippen LogP contribution >= 0.6 is 0 Å². The van der Waals surface area contributed by atoms with E-state index in [9.17, 15) is 9.59 Å². The summed E-state index contributed by atoms with van der Waals surface area (Å²) in [6, 6.07) is 5.88. The van der Waals surface area contributed by atoms with Crippen molar-refractivity contribution in [2.24, 2.45) is 5.92 Å². The van der Waals surface area contributed by atoms with Gasteiger partial charge in [0.1, 0.15) is 18.7 Å². The SMILES string of the molecule is CC(C)C[C@H](NC(=O)c1ccc(-n2cnnc2)cc1)C(=O)O. The van der Waals surface area contributed by atoms with Crippen molar-refractivity contribution in [1.29, 1.82) is 0 Å². The molecule has 0 fully saturated rings. The number of aromatic nitrogens is 3. The van der Waals surface area contributed by atoms with Crippen LogP contribution in [0.4, 0.5) is 0 Å². The minimum atomic E-state index is -1.02. The number of benzene rings is 1. The molecule has 0 aliphatic rings. The van der Waals surface area contributed by atoms with Crippen LogP contribution in [0, 0.1) is 5.92 Å². The molecule has 1 amide bonds. The average Bonchev–Trinajstić information content (AvgIpc) is 3.00. The highest BCUT2D eigenvalue weighted by atomic mass is 16.4. The lowest BCUT2D eigenvalue weighted by Crippen LogP contribution is -2.41. The Morgan fingerprint density at radius 2 is 1.77 bits per heavy atom. The molecule has 0 aliphatic heterocycles. The Morgan fingerprint density at radius 3 is 2.27 bits per heavy atom. The van der Waals surface area contributed by atoms with E-state index in [2.05, 4.69) is 15.5 Å². The van der Waals surface area contributed by atoms with Gasteiger partial charge < -0.3 is 10.4 Å². The molecule has 0 unspecified atom stereocenters. The summed E-state index contributed by atoms with van der Waals surface area (Å²) in [5.41, 5.74) is 1.23. The third kappa shape index (κ3) is 3.91. The van der Waals surface area contributed by atoms with E-state index in [1.54, 1.807) is 41.5 Å². The molecule has 0 spiro atoms. The Labute approximate surface area is 128 Å². The topological polar surface area (TPSA) is 97.1 Å². The summed E-state index contributed by atoms with van der Waals surface area (Å²) < 4.78 is 1.71. The quantitative estimate of drug-likeness (QED) is 0.842. The Morgan fingerprint density at radius 1 is 1.18 bits per heavy atom. The van der Waals surface area contributed by atoms with Crippen LogP contribution in [0.15, 0.2) is 36.9 Å². The minimum Gasteiger partial charge on any atom is -0.480 e. The van der Waals surface area contributed by atoms with Gasteiger partial charge in [0, 0.05) is 11.3 Å². The largest absolute Gasteiger partial charge is 0.480 e. The third-order valence-corrected chi connectivity index (χ3v) is 3.16. The zero-order chi connectivity index (χ0) is 16.1. The van der Waals surface area contributed by atoms with E-state index in [0.717, 1.165) is 5.69 Å². The van der Waals surface area contributed by atoms with E-state index in [1.165, 1.54) is 0 Å². The smallest absolute Gasteiger partial charge is 0.326 e. The van der Waals surface area contributed by atoms with Crippen LogP contribution in [-0.4, -0.2) is 37.8 Å². The highest BCUT2D eigenvalue weighted by Gasteiger charge is 2.21. The van der Waals surface area contributed by atoms with Crippen LogP contribution in [0.3, 0.4) is 0 Å². The van der Waals surface area contributed by atoms with Gasteiger partial charge in [-0.15, -0.1) is 10.2 Å². The monoisotopic (exact) mass is 302 g/mol. The lowest BCUT2D eigenvalue weighted by molar-refractivity contribution is -0.139. The standard InChI is InChI=1S/C15H18N4O3/c1-10(2)7-13(15(21)22)18-14(20)11-3-5-12(6-4-11)19-8-16-17-9-19/h3-6,8-10,13H,7H2,1-2H3,(H,18,20)(H,21,22)/t13-/m0/s1. The fraction of sp³-hybridized carbons (Fsp3) is 0.333. The van der Waals surface area contributed by atoms with E-state index < -0.39 is 17.9 Å². The Kier molecular flexibility index (Phi) is 4.88. The maximum absolute atomic E-state index is 12.1. The van der Waals surface area contributed by atoms with Crippen LogP contribution in [0.1, 0.15) is 30.6 Å². The molecule has 0 saturated carbocycles. The second-order valence-electron chi connectivity index (χ2n) is 5.41. The molecule has 0 bridgehead atoms. The Balaban J connectivity index is 2.07.